The summed E-state index contributed by atoms with van der Waals surface area (Å²) in [5, 5.41) is 8.02. The Morgan fingerprint density at radius 1 is 1.29 bits per heavy atom. The molecule has 114 valence electrons. The first kappa shape index (κ1) is 14.5. The van der Waals surface area contributed by atoms with Gasteiger partial charge in [-0.05, 0) is 17.5 Å². The van der Waals surface area contributed by atoms with Crippen molar-refractivity contribution in [2.24, 2.45) is 5.92 Å². The summed E-state index contributed by atoms with van der Waals surface area (Å²) in [6, 6.07) is 7.72. The van der Waals surface area contributed by atoms with E-state index >= 15 is 0 Å². The van der Waals surface area contributed by atoms with Crippen molar-refractivity contribution in [3.63, 3.8) is 0 Å². The van der Waals surface area contributed by atoms with Crippen LogP contribution in [0.15, 0.2) is 24.3 Å². The molecule has 0 radical (unpaired) electrons. The number of benzene rings is 1. The number of hydrazine groups is 1. The van der Waals surface area contributed by atoms with Crippen LogP contribution in [0.4, 0.5) is 0 Å². The minimum absolute atomic E-state index is 0.101. The molecule has 1 aromatic rings. The lowest BCUT2D eigenvalue weighted by Gasteiger charge is -2.31. The van der Waals surface area contributed by atoms with Crippen molar-refractivity contribution in [2.75, 3.05) is 13.1 Å². The van der Waals surface area contributed by atoms with Crippen LogP contribution in [-0.2, 0) is 27.8 Å². The molecule has 8 heteroatoms. The summed E-state index contributed by atoms with van der Waals surface area (Å²) < 4.78 is 26.7. The molecule has 0 amide bonds. The van der Waals surface area contributed by atoms with E-state index in [2.05, 4.69) is 10.9 Å². The molecular weight excluding hydrogens is 294 g/mol. The molecule has 0 spiro atoms. The number of nitrogens with zero attached hydrogens (tertiary/aromatic N) is 1. The van der Waals surface area contributed by atoms with Crippen molar-refractivity contribution in [3.8, 4) is 0 Å². The van der Waals surface area contributed by atoms with Gasteiger partial charge in [0, 0.05) is 19.6 Å². The molecule has 7 nitrogen and oxygen atoms in total. The minimum Gasteiger partial charge on any atom is -0.481 e. The SMILES string of the molecule is O=C(O)C1CNNC1S(=O)(=O)N1CCc2ccccc2C1. The van der Waals surface area contributed by atoms with Gasteiger partial charge in [-0.15, -0.1) is 0 Å². The zero-order chi connectivity index (χ0) is 15.0. The standard InChI is InChI=1S/C13H17N3O4S/c17-13(18)11-7-14-15-12(11)21(19,20)16-6-5-9-3-1-2-4-10(9)8-16/h1-4,11-12,14-15H,5-8H2,(H,17,18). The Hall–Kier alpha value is -1.48. The maximum Gasteiger partial charge on any atom is 0.310 e. The molecule has 3 rings (SSSR count). The average molecular weight is 311 g/mol. The summed E-state index contributed by atoms with van der Waals surface area (Å²) in [6.07, 6.45) is 0.646. The molecule has 1 fully saturated rings. The van der Waals surface area contributed by atoms with Crippen LogP contribution in [0.2, 0.25) is 0 Å². The van der Waals surface area contributed by atoms with Crippen molar-refractivity contribution in [1.82, 2.24) is 15.2 Å². The third kappa shape index (κ3) is 2.55. The third-order valence-corrected chi connectivity index (χ3v) is 6.14. The Morgan fingerprint density at radius 3 is 2.71 bits per heavy atom. The summed E-state index contributed by atoms with van der Waals surface area (Å²) in [5.74, 6) is -2.09. The quantitative estimate of drug-likeness (QED) is 0.697. The van der Waals surface area contributed by atoms with Crippen molar-refractivity contribution in [1.29, 1.82) is 0 Å². The molecule has 0 saturated carbocycles. The molecule has 2 aliphatic heterocycles. The molecule has 0 aromatic heterocycles. The van der Waals surface area contributed by atoms with Gasteiger partial charge in [0.25, 0.3) is 0 Å². The van der Waals surface area contributed by atoms with Gasteiger partial charge in [-0.2, -0.15) is 4.31 Å². The number of nitrogens with one attached hydrogen (secondary N) is 2. The van der Waals surface area contributed by atoms with E-state index in [1.165, 1.54) is 4.31 Å². The van der Waals surface area contributed by atoms with Crippen molar-refractivity contribution in [2.45, 2.75) is 18.3 Å². The Bertz CT molecular complexity index is 661. The van der Waals surface area contributed by atoms with Gasteiger partial charge in [0.15, 0.2) is 5.37 Å². The molecule has 1 aromatic carbocycles. The van der Waals surface area contributed by atoms with Gasteiger partial charge in [-0.3, -0.25) is 10.2 Å². The number of carboxylic acids is 1. The normalized spacial score (nSPS) is 26.5. The Morgan fingerprint density at radius 2 is 2.00 bits per heavy atom. The lowest BCUT2D eigenvalue weighted by molar-refractivity contribution is -0.140. The summed E-state index contributed by atoms with van der Waals surface area (Å²) in [7, 11) is -3.72. The first-order valence-electron chi connectivity index (χ1n) is 6.77. The number of rotatable bonds is 3. The monoisotopic (exact) mass is 311 g/mol. The highest BCUT2D eigenvalue weighted by atomic mass is 32.2. The number of hydrogen-bond donors (Lipinski definition) is 3. The lowest BCUT2D eigenvalue weighted by atomic mass is 10.0. The lowest BCUT2D eigenvalue weighted by Crippen LogP contribution is -2.49. The van der Waals surface area contributed by atoms with Gasteiger partial charge < -0.3 is 5.11 Å². The molecule has 0 aliphatic carbocycles. The second kappa shape index (κ2) is 5.38. The molecule has 1 saturated heterocycles. The number of hydrogen-bond acceptors (Lipinski definition) is 5. The second-order valence-electron chi connectivity index (χ2n) is 5.29. The van der Waals surface area contributed by atoms with Crippen LogP contribution >= 0.6 is 0 Å². The fraction of sp³-hybridized carbons (Fsp3) is 0.462. The molecule has 2 unspecified atom stereocenters. The molecule has 3 N–H and O–H groups in total. The van der Waals surface area contributed by atoms with Crippen LogP contribution in [0.3, 0.4) is 0 Å². The van der Waals surface area contributed by atoms with E-state index in [1.807, 2.05) is 24.3 Å². The van der Waals surface area contributed by atoms with E-state index in [0.29, 0.717) is 19.5 Å². The van der Waals surface area contributed by atoms with Gasteiger partial charge in [-0.1, -0.05) is 24.3 Å². The van der Waals surface area contributed by atoms with E-state index < -0.39 is 27.3 Å². The van der Waals surface area contributed by atoms with E-state index in [-0.39, 0.29) is 6.54 Å². The molecule has 0 bridgehead atoms. The zero-order valence-corrected chi connectivity index (χ0v) is 12.1. The summed E-state index contributed by atoms with van der Waals surface area (Å²) in [6.45, 7) is 0.774. The third-order valence-electron chi connectivity index (χ3n) is 4.03. The second-order valence-corrected chi connectivity index (χ2v) is 7.34. The summed E-state index contributed by atoms with van der Waals surface area (Å²) >= 11 is 0. The van der Waals surface area contributed by atoms with Gasteiger partial charge in [-0.25, -0.2) is 13.8 Å². The van der Waals surface area contributed by atoms with E-state index in [4.69, 9.17) is 5.11 Å². The highest BCUT2D eigenvalue weighted by molar-refractivity contribution is 7.89. The largest absolute Gasteiger partial charge is 0.481 e. The van der Waals surface area contributed by atoms with E-state index in [9.17, 15) is 13.2 Å². The predicted molar refractivity (Wildman–Crippen MR) is 75.5 cm³/mol. The topological polar surface area (TPSA) is 98.7 Å². The molecule has 2 aliphatic rings. The first-order chi connectivity index (χ1) is 10.00. The van der Waals surface area contributed by atoms with Crippen molar-refractivity contribution in [3.05, 3.63) is 35.4 Å². The fourth-order valence-corrected chi connectivity index (χ4v) is 4.67. The van der Waals surface area contributed by atoms with Crippen LogP contribution in [0.1, 0.15) is 11.1 Å². The van der Waals surface area contributed by atoms with Gasteiger partial charge in [0.05, 0.1) is 0 Å². The number of carbonyl (C=O) groups is 1. The van der Waals surface area contributed by atoms with Crippen molar-refractivity contribution >= 4 is 16.0 Å². The van der Waals surface area contributed by atoms with Crippen molar-refractivity contribution < 1.29 is 18.3 Å². The van der Waals surface area contributed by atoms with Gasteiger partial charge in [0.2, 0.25) is 10.0 Å². The minimum atomic E-state index is -3.72. The van der Waals surface area contributed by atoms with Crippen LogP contribution in [0.25, 0.3) is 0 Å². The Kier molecular flexibility index (Phi) is 3.70. The fourth-order valence-electron chi connectivity index (χ4n) is 2.82. The summed E-state index contributed by atoms with van der Waals surface area (Å²) in [4.78, 5) is 11.2. The first-order valence-corrected chi connectivity index (χ1v) is 8.27. The van der Waals surface area contributed by atoms with E-state index in [1.54, 1.807) is 0 Å². The van der Waals surface area contributed by atoms with Crippen LogP contribution in [0, 0.1) is 5.92 Å². The maximum absolute atomic E-state index is 12.7. The maximum atomic E-state index is 12.7. The number of sulfonamides is 1. The number of aliphatic carboxylic acids is 1. The van der Waals surface area contributed by atoms with Crippen LogP contribution in [0.5, 0.6) is 0 Å². The Balaban J connectivity index is 1.85. The number of fused-ring (bicyclic) bond motifs is 1. The van der Waals surface area contributed by atoms with E-state index in [0.717, 1.165) is 11.1 Å². The van der Waals surface area contributed by atoms with Gasteiger partial charge in [0.1, 0.15) is 5.92 Å². The molecule has 2 atom stereocenters. The zero-order valence-electron chi connectivity index (χ0n) is 11.3. The van der Waals surface area contributed by atoms with Crippen LogP contribution in [-0.4, -0.2) is 42.3 Å². The van der Waals surface area contributed by atoms with Crippen LogP contribution < -0.4 is 10.9 Å². The number of carboxylic acid groups (broad SMARTS) is 1. The summed E-state index contributed by atoms with van der Waals surface area (Å²) in [5.41, 5.74) is 7.35. The molecular formula is C13H17N3O4S. The van der Waals surface area contributed by atoms with Gasteiger partial charge >= 0.3 is 5.97 Å². The average Bonchev–Trinajstić information content (AvgIpc) is 2.97. The Labute approximate surface area is 123 Å². The predicted octanol–water partition coefficient (Wildman–Crippen LogP) is -0.491. The highest BCUT2D eigenvalue weighted by Crippen LogP contribution is 2.25. The molecule has 21 heavy (non-hydrogen) atoms. The highest BCUT2D eigenvalue weighted by Gasteiger charge is 2.45. The smallest absolute Gasteiger partial charge is 0.310 e. The molecule has 2 heterocycles.